The zero-order valence-corrected chi connectivity index (χ0v) is 10.0. The van der Waals surface area contributed by atoms with Gasteiger partial charge in [0.15, 0.2) is 0 Å². The zero-order chi connectivity index (χ0) is 11.3. The van der Waals surface area contributed by atoms with Gasteiger partial charge in [-0.2, -0.15) is 0 Å². The second-order valence-corrected chi connectivity index (χ2v) is 4.70. The van der Waals surface area contributed by atoms with Crippen LogP contribution in [0.1, 0.15) is 39.5 Å². The molecule has 3 nitrogen and oxygen atoms in total. The minimum atomic E-state index is 0.301. The summed E-state index contributed by atoms with van der Waals surface area (Å²) in [6.07, 6.45) is 4.62. The minimum absolute atomic E-state index is 0.301. The average molecular weight is 212 g/mol. The number of carbonyl (C=O) groups excluding carboxylic acids is 1. The summed E-state index contributed by atoms with van der Waals surface area (Å²) >= 11 is 0. The Labute approximate surface area is 93.0 Å². The summed E-state index contributed by atoms with van der Waals surface area (Å²) < 4.78 is 0. The molecule has 0 saturated heterocycles. The van der Waals surface area contributed by atoms with Gasteiger partial charge >= 0.3 is 0 Å². The van der Waals surface area contributed by atoms with E-state index in [9.17, 15) is 4.79 Å². The van der Waals surface area contributed by atoms with Crippen LogP contribution in [-0.2, 0) is 4.79 Å². The van der Waals surface area contributed by atoms with Gasteiger partial charge in [0.2, 0.25) is 5.91 Å². The predicted octanol–water partition coefficient (Wildman–Crippen LogP) is 1.62. The van der Waals surface area contributed by atoms with Crippen LogP contribution in [0.4, 0.5) is 0 Å². The Balaban J connectivity index is 2.45. The third kappa shape index (κ3) is 3.49. The molecule has 1 atom stereocenters. The van der Waals surface area contributed by atoms with Crippen LogP contribution >= 0.6 is 0 Å². The maximum Gasteiger partial charge on any atom is 0.225 e. The molecule has 0 bridgehead atoms. The average Bonchev–Trinajstić information content (AvgIpc) is 2.77. The first-order valence-corrected chi connectivity index (χ1v) is 6.17. The molecule has 1 saturated carbocycles. The van der Waals surface area contributed by atoms with Crippen molar-refractivity contribution < 1.29 is 4.79 Å². The van der Waals surface area contributed by atoms with Crippen LogP contribution in [0.5, 0.6) is 0 Å². The molecule has 1 unspecified atom stereocenters. The molecule has 0 aromatic heterocycles. The van der Waals surface area contributed by atoms with Crippen molar-refractivity contribution in [3.63, 3.8) is 0 Å². The summed E-state index contributed by atoms with van der Waals surface area (Å²) in [7, 11) is 0. The third-order valence-corrected chi connectivity index (χ3v) is 3.33. The SMILES string of the molecule is CCN(CC(C)CN)C(=O)C1CCCC1. The zero-order valence-electron chi connectivity index (χ0n) is 10.0. The van der Waals surface area contributed by atoms with E-state index in [0.29, 0.717) is 24.3 Å². The topological polar surface area (TPSA) is 46.3 Å². The van der Waals surface area contributed by atoms with Gasteiger partial charge in [0.05, 0.1) is 0 Å². The van der Waals surface area contributed by atoms with Gasteiger partial charge in [-0.1, -0.05) is 19.8 Å². The fourth-order valence-electron chi connectivity index (χ4n) is 2.26. The highest BCUT2D eigenvalue weighted by Crippen LogP contribution is 2.26. The van der Waals surface area contributed by atoms with Crippen molar-refractivity contribution in [1.29, 1.82) is 0 Å². The highest BCUT2D eigenvalue weighted by Gasteiger charge is 2.26. The smallest absolute Gasteiger partial charge is 0.225 e. The van der Waals surface area contributed by atoms with E-state index in [-0.39, 0.29) is 0 Å². The van der Waals surface area contributed by atoms with Gasteiger partial charge in [0.25, 0.3) is 0 Å². The standard InChI is InChI=1S/C12H24N2O/c1-3-14(9-10(2)8-13)12(15)11-6-4-5-7-11/h10-11H,3-9,13H2,1-2H3. The lowest BCUT2D eigenvalue weighted by atomic mass is 10.1. The van der Waals surface area contributed by atoms with Gasteiger partial charge in [-0.25, -0.2) is 0 Å². The highest BCUT2D eigenvalue weighted by atomic mass is 16.2. The fraction of sp³-hybridized carbons (Fsp3) is 0.917. The van der Waals surface area contributed by atoms with Crippen molar-refractivity contribution in [2.75, 3.05) is 19.6 Å². The molecule has 0 aromatic carbocycles. The Hall–Kier alpha value is -0.570. The number of amides is 1. The monoisotopic (exact) mass is 212 g/mol. The first kappa shape index (κ1) is 12.5. The molecule has 15 heavy (non-hydrogen) atoms. The number of nitrogens with two attached hydrogens (primary N) is 1. The van der Waals surface area contributed by atoms with Gasteiger partial charge in [0, 0.05) is 19.0 Å². The molecule has 1 aliphatic carbocycles. The summed E-state index contributed by atoms with van der Waals surface area (Å²) in [6, 6.07) is 0. The second-order valence-electron chi connectivity index (χ2n) is 4.70. The summed E-state index contributed by atoms with van der Waals surface area (Å²) in [5.74, 6) is 1.07. The predicted molar refractivity (Wildman–Crippen MR) is 62.4 cm³/mol. The lowest BCUT2D eigenvalue weighted by Gasteiger charge is -2.26. The molecule has 0 aliphatic heterocycles. The Morgan fingerprint density at radius 2 is 2.07 bits per heavy atom. The lowest BCUT2D eigenvalue weighted by Crippen LogP contribution is -2.39. The molecule has 88 valence electrons. The van der Waals surface area contributed by atoms with Crippen LogP contribution in [0, 0.1) is 11.8 Å². The van der Waals surface area contributed by atoms with Gasteiger partial charge in [-0.05, 0) is 32.2 Å². The van der Waals surface area contributed by atoms with Crippen molar-refractivity contribution >= 4 is 5.91 Å². The van der Waals surface area contributed by atoms with Gasteiger partial charge in [-0.3, -0.25) is 4.79 Å². The van der Waals surface area contributed by atoms with Gasteiger partial charge < -0.3 is 10.6 Å². The van der Waals surface area contributed by atoms with Crippen molar-refractivity contribution in [2.24, 2.45) is 17.6 Å². The number of hydrogen-bond donors (Lipinski definition) is 1. The van der Waals surface area contributed by atoms with E-state index in [1.807, 2.05) is 4.90 Å². The van der Waals surface area contributed by atoms with Crippen molar-refractivity contribution in [3.8, 4) is 0 Å². The molecule has 1 amide bonds. The van der Waals surface area contributed by atoms with Crippen molar-refractivity contribution in [1.82, 2.24) is 4.90 Å². The van der Waals surface area contributed by atoms with E-state index in [1.165, 1.54) is 12.8 Å². The molecule has 1 fully saturated rings. The first-order valence-electron chi connectivity index (χ1n) is 6.17. The fourth-order valence-corrected chi connectivity index (χ4v) is 2.26. The number of nitrogens with zero attached hydrogens (tertiary/aromatic N) is 1. The van der Waals surface area contributed by atoms with E-state index in [4.69, 9.17) is 5.73 Å². The minimum Gasteiger partial charge on any atom is -0.342 e. The number of carbonyl (C=O) groups is 1. The van der Waals surface area contributed by atoms with Crippen LogP contribution in [0.3, 0.4) is 0 Å². The van der Waals surface area contributed by atoms with Gasteiger partial charge in [-0.15, -0.1) is 0 Å². The molecule has 0 heterocycles. The molecule has 1 aliphatic rings. The molecule has 0 spiro atoms. The third-order valence-electron chi connectivity index (χ3n) is 3.33. The molecular weight excluding hydrogens is 188 g/mol. The van der Waals surface area contributed by atoms with E-state index >= 15 is 0 Å². The largest absolute Gasteiger partial charge is 0.342 e. The number of rotatable bonds is 5. The van der Waals surface area contributed by atoms with Crippen LogP contribution < -0.4 is 5.73 Å². The van der Waals surface area contributed by atoms with E-state index in [1.54, 1.807) is 0 Å². The molecule has 0 radical (unpaired) electrons. The maximum absolute atomic E-state index is 12.1. The summed E-state index contributed by atoms with van der Waals surface area (Å²) in [5.41, 5.74) is 5.59. The quantitative estimate of drug-likeness (QED) is 0.752. The van der Waals surface area contributed by atoms with Crippen LogP contribution in [0.2, 0.25) is 0 Å². The second kappa shape index (κ2) is 6.11. The molecular formula is C12H24N2O. The Morgan fingerprint density at radius 3 is 2.53 bits per heavy atom. The Bertz CT molecular complexity index is 200. The maximum atomic E-state index is 12.1. The van der Waals surface area contributed by atoms with E-state index < -0.39 is 0 Å². The lowest BCUT2D eigenvalue weighted by molar-refractivity contribution is -0.135. The summed E-state index contributed by atoms with van der Waals surface area (Å²) in [6.45, 7) is 6.46. The molecule has 1 rings (SSSR count). The number of hydrogen-bond acceptors (Lipinski definition) is 2. The van der Waals surface area contributed by atoms with E-state index in [0.717, 1.165) is 25.9 Å². The summed E-state index contributed by atoms with van der Waals surface area (Å²) in [4.78, 5) is 14.1. The van der Waals surface area contributed by atoms with Crippen molar-refractivity contribution in [2.45, 2.75) is 39.5 Å². The van der Waals surface area contributed by atoms with E-state index in [2.05, 4.69) is 13.8 Å². The van der Waals surface area contributed by atoms with Crippen molar-refractivity contribution in [3.05, 3.63) is 0 Å². The van der Waals surface area contributed by atoms with Crippen LogP contribution in [-0.4, -0.2) is 30.4 Å². The van der Waals surface area contributed by atoms with Gasteiger partial charge in [0.1, 0.15) is 0 Å². The van der Waals surface area contributed by atoms with Crippen LogP contribution in [0.15, 0.2) is 0 Å². The normalized spacial score (nSPS) is 19.1. The Morgan fingerprint density at radius 1 is 1.47 bits per heavy atom. The molecule has 3 heteroatoms. The van der Waals surface area contributed by atoms with Crippen LogP contribution in [0.25, 0.3) is 0 Å². The highest BCUT2D eigenvalue weighted by molar-refractivity contribution is 5.79. The summed E-state index contributed by atoms with van der Waals surface area (Å²) in [5, 5.41) is 0. The molecule has 0 aromatic rings. The molecule has 2 N–H and O–H groups in total. The Kier molecular flexibility index (Phi) is 5.09. The first-order chi connectivity index (χ1) is 7.19.